The first-order valence-electron chi connectivity index (χ1n) is 21.3. The lowest BCUT2D eigenvalue weighted by molar-refractivity contribution is 0.638. The van der Waals surface area contributed by atoms with E-state index in [1.807, 2.05) is 112 Å². The van der Waals surface area contributed by atoms with Gasteiger partial charge in [0, 0.05) is 67.3 Å². The first kappa shape index (κ1) is 41.9. The van der Waals surface area contributed by atoms with Crippen molar-refractivity contribution in [1.82, 2.24) is 70.2 Å². The minimum Gasteiger partial charge on any atom is -0.376 e. The number of benzene rings is 2. The Balaban J connectivity index is 0.000000152. The number of para-hydroxylation sites is 2. The molecule has 0 fully saturated rings. The molecule has 0 amide bonds. The van der Waals surface area contributed by atoms with E-state index in [-0.39, 0.29) is 11.4 Å². The number of hydrogen-bond acceptors (Lipinski definition) is 11. The second kappa shape index (κ2) is 17.8. The number of aromatic amines is 4. The zero-order valence-electron chi connectivity index (χ0n) is 36.5. The van der Waals surface area contributed by atoms with Gasteiger partial charge in [0.05, 0.1) is 79.5 Å². The average molecular weight is 888 g/mol. The van der Waals surface area contributed by atoms with Gasteiger partial charge in [0.15, 0.2) is 23.3 Å². The van der Waals surface area contributed by atoms with Gasteiger partial charge in [-0.05, 0) is 54.6 Å². The number of aromatic nitrogens is 14. The molecule has 0 radical (unpaired) electrons. The van der Waals surface area contributed by atoms with Crippen LogP contribution in [0.2, 0.25) is 0 Å². The molecule has 0 unspecified atom stereocenters. The highest BCUT2D eigenvalue weighted by atomic mass is 19.1. The van der Waals surface area contributed by atoms with Gasteiger partial charge in [-0.15, -0.1) is 0 Å². The summed E-state index contributed by atoms with van der Waals surface area (Å²) in [6.07, 6.45) is 13.2. The summed E-state index contributed by atoms with van der Waals surface area (Å²) in [4.78, 5) is 43.8. The SMILES string of the molecule is CC.CN(C)c1cncc(-c2ncc3[nH]nc(-c4nc5c(-c6ccccn6)cccc5[nH]4)c3c2F)c1.Fc1c(-c2cccnc2)ncc2[nH]nc(-c3nc4c(-c5ccccn5)cccc4[nH]3)c12. The Morgan fingerprint density at radius 1 is 0.478 bits per heavy atom. The molecule has 0 saturated carbocycles. The molecule has 328 valence electrons. The Labute approximate surface area is 380 Å². The first-order valence-corrected chi connectivity index (χ1v) is 21.3. The number of H-pyrrole nitrogens is 4. The third-order valence-electron chi connectivity index (χ3n) is 10.9. The van der Waals surface area contributed by atoms with Crippen molar-refractivity contribution in [2.75, 3.05) is 19.0 Å². The van der Waals surface area contributed by atoms with Crippen molar-refractivity contribution in [2.24, 2.45) is 0 Å². The Morgan fingerprint density at radius 2 is 1.01 bits per heavy atom. The summed E-state index contributed by atoms with van der Waals surface area (Å²) >= 11 is 0. The molecule has 17 heteroatoms. The fraction of sp³-hybridized carbons (Fsp3) is 0.0800. The summed E-state index contributed by atoms with van der Waals surface area (Å²) in [6, 6.07) is 28.5. The molecule has 0 aliphatic carbocycles. The van der Waals surface area contributed by atoms with Crippen LogP contribution in [0.25, 0.3) is 112 Å². The predicted octanol–water partition coefficient (Wildman–Crippen LogP) is 10.6. The molecule has 12 aromatic rings. The highest BCUT2D eigenvalue weighted by Gasteiger charge is 2.23. The van der Waals surface area contributed by atoms with Crippen LogP contribution in [0.1, 0.15) is 13.8 Å². The van der Waals surface area contributed by atoms with Crippen LogP contribution in [0.5, 0.6) is 0 Å². The van der Waals surface area contributed by atoms with Crippen LogP contribution in [0, 0.1) is 11.6 Å². The lowest BCUT2D eigenvalue weighted by Gasteiger charge is -2.13. The maximum absolute atomic E-state index is 15.9. The van der Waals surface area contributed by atoms with Gasteiger partial charge in [-0.25, -0.2) is 18.7 Å². The number of halogens is 2. The topological polar surface area (TPSA) is 195 Å². The van der Waals surface area contributed by atoms with Crippen LogP contribution in [-0.2, 0) is 0 Å². The van der Waals surface area contributed by atoms with E-state index in [0.717, 1.165) is 50.3 Å². The third kappa shape index (κ3) is 7.73. The Kier molecular flexibility index (Phi) is 11.1. The molecule has 0 atom stereocenters. The standard InChI is InChI=1S/C25H19FN8.C23H14FN7.C2H6/c1-34(2)15-10-14(11-27-12-15)22-21(26)20-19(13-29-22)32-33-24(20)25-30-18-8-5-6-16(23(18)31-25)17-7-3-4-9-28-17;24-19-18-17(12-27-20(19)13-5-4-9-25-11-13)30-31-22(18)23-28-16-8-3-6-14(21(16)29-23)15-7-1-2-10-26-15;1-2/h3-13H,1-2H3,(H,30,31)(H,32,33);1-12H,(H,28,29)(H,30,31);1-2H3. The van der Waals surface area contributed by atoms with Crippen molar-refractivity contribution in [3.05, 3.63) is 152 Å². The summed E-state index contributed by atoms with van der Waals surface area (Å²) in [5.74, 6) is -0.0308. The van der Waals surface area contributed by atoms with E-state index in [1.165, 1.54) is 0 Å². The van der Waals surface area contributed by atoms with Crippen LogP contribution in [-0.4, -0.2) is 84.3 Å². The number of nitrogens with zero attached hydrogens (tertiary/aromatic N) is 11. The van der Waals surface area contributed by atoms with Gasteiger partial charge in [0.1, 0.15) is 22.8 Å². The molecule has 0 spiro atoms. The smallest absolute Gasteiger partial charge is 0.161 e. The predicted molar refractivity (Wildman–Crippen MR) is 256 cm³/mol. The number of hydrogen-bond donors (Lipinski definition) is 4. The first-order chi connectivity index (χ1) is 32.9. The van der Waals surface area contributed by atoms with E-state index in [2.05, 4.69) is 60.3 Å². The molecule has 0 aliphatic rings. The lowest BCUT2D eigenvalue weighted by Crippen LogP contribution is -2.09. The maximum Gasteiger partial charge on any atom is 0.161 e. The Hall–Kier alpha value is -9.12. The van der Waals surface area contributed by atoms with E-state index < -0.39 is 11.6 Å². The molecule has 15 nitrogen and oxygen atoms in total. The van der Waals surface area contributed by atoms with E-state index >= 15 is 8.78 Å². The van der Waals surface area contributed by atoms with Crippen LogP contribution < -0.4 is 4.90 Å². The number of rotatable bonds is 7. The molecule has 0 bridgehead atoms. The molecule has 0 saturated heterocycles. The molecule has 2 aromatic carbocycles. The third-order valence-corrected chi connectivity index (χ3v) is 10.9. The highest BCUT2D eigenvalue weighted by molar-refractivity contribution is 5.99. The van der Waals surface area contributed by atoms with Crippen molar-refractivity contribution in [1.29, 1.82) is 0 Å². The van der Waals surface area contributed by atoms with E-state index in [1.54, 1.807) is 61.7 Å². The number of fused-ring (bicyclic) bond motifs is 4. The summed E-state index contributed by atoms with van der Waals surface area (Å²) in [5, 5.41) is 15.1. The summed E-state index contributed by atoms with van der Waals surface area (Å²) in [5.41, 5.74) is 10.7. The summed E-state index contributed by atoms with van der Waals surface area (Å²) < 4.78 is 31.4. The number of anilines is 1. The van der Waals surface area contributed by atoms with Crippen molar-refractivity contribution in [3.63, 3.8) is 0 Å². The van der Waals surface area contributed by atoms with Crippen molar-refractivity contribution >= 4 is 49.6 Å². The Bertz CT molecular complexity index is 3680. The minimum atomic E-state index is -0.482. The summed E-state index contributed by atoms with van der Waals surface area (Å²) in [6.45, 7) is 4.00. The van der Waals surface area contributed by atoms with Gasteiger partial charge in [0.25, 0.3) is 0 Å². The van der Waals surface area contributed by atoms with E-state index in [9.17, 15) is 0 Å². The van der Waals surface area contributed by atoms with Crippen molar-refractivity contribution in [2.45, 2.75) is 13.8 Å². The summed E-state index contributed by atoms with van der Waals surface area (Å²) in [7, 11) is 3.81. The van der Waals surface area contributed by atoms with Gasteiger partial charge in [-0.2, -0.15) is 10.2 Å². The van der Waals surface area contributed by atoms with Crippen LogP contribution >= 0.6 is 0 Å². The maximum atomic E-state index is 15.9. The highest BCUT2D eigenvalue weighted by Crippen LogP contribution is 2.36. The van der Waals surface area contributed by atoms with Crippen molar-refractivity contribution < 1.29 is 8.78 Å². The fourth-order valence-electron chi connectivity index (χ4n) is 7.75. The molecule has 10 aromatic heterocycles. The van der Waals surface area contributed by atoms with Crippen molar-refractivity contribution in [3.8, 4) is 68.1 Å². The van der Waals surface area contributed by atoms with Crippen LogP contribution in [0.4, 0.5) is 14.5 Å². The Morgan fingerprint density at radius 3 is 1.51 bits per heavy atom. The molecular weight excluding hydrogens is 849 g/mol. The minimum absolute atomic E-state index is 0.205. The molecule has 67 heavy (non-hydrogen) atoms. The zero-order valence-corrected chi connectivity index (χ0v) is 36.5. The fourth-order valence-corrected chi connectivity index (χ4v) is 7.75. The second-order valence-electron chi connectivity index (χ2n) is 15.1. The molecule has 10 heterocycles. The van der Waals surface area contributed by atoms with Gasteiger partial charge >= 0.3 is 0 Å². The number of nitrogens with one attached hydrogen (secondary N) is 4. The van der Waals surface area contributed by atoms with E-state index in [0.29, 0.717) is 56.0 Å². The van der Waals surface area contributed by atoms with Gasteiger partial charge in [0.2, 0.25) is 0 Å². The van der Waals surface area contributed by atoms with Crippen LogP contribution in [0.3, 0.4) is 0 Å². The van der Waals surface area contributed by atoms with Gasteiger partial charge in [-0.3, -0.25) is 40.1 Å². The zero-order chi connectivity index (χ0) is 46.0. The largest absolute Gasteiger partial charge is 0.376 e. The van der Waals surface area contributed by atoms with E-state index in [4.69, 9.17) is 9.97 Å². The van der Waals surface area contributed by atoms with Gasteiger partial charge in [-0.1, -0.05) is 50.2 Å². The quantitative estimate of drug-likeness (QED) is 0.119. The lowest BCUT2D eigenvalue weighted by atomic mass is 10.1. The molecule has 0 aliphatic heterocycles. The van der Waals surface area contributed by atoms with Crippen LogP contribution in [0.15, 0.2) is 141 Å². The normalized spacial score (nSPS) is 11.1. The molecular formula is C50H39F2N15. The monoisotopic (exact) mass is 887 g/mol. The van der Waals surface area contributed by atoms with Gasteiger partial charge < -0.3 is 14.9 Å². The number of pyridine rings is 6. The average Bonchev–Trinajstić information content (AvgIpc) is 4.21. The second-order valence-corrected chi connectivity index (χ2v) is 15.1. The molecule has 12 rings (SSSR count). The number of imidazole rings is 2. The molecule has 4 N–H and O–H groups in total.